The molecule has 0 radical (unpaired) electrons. The third-order valence-electron chi connectivity index (χ3n) is 3.56. The number of carbonyl (C=O) groups excluding carboxylic acids is 1. The van der Waals surface area contributed by atoms with E-state index in [-0.39, 0.29) is 12.1 Å². The van der Waals surface area contributed by atoms with E-state index in [1.807, 2.05) is 32.9 Å². The number of nitrogens with zero attached hydrogens (tertiary/aromatic N) is 3. The van der Waals surface area contributed by atoms with Crippen LogP contribution in [0, 0.1) is 18.3 Å². The fourth-order valence-corrected chi connectivity index (χ4v) is 3.48. The molecule has 1 N–H and O–H groups in total. The van der Waals surface area contributed by atoms with Crippen LogP contribution in [0.3, 0.4) is 0 Å². The maximum absolute atomic E-state index is 12.3. The minimum atomic E-state index is -0.362. The zero-order valence-electron chi connectivity index (χ0n) is 14.0. The number of ether oxygens (including phenoxy) is 1. The summed E-state index contributed by atoms with van der Waals surface area (Å²) in [7, 11) is 0. The molecule has 0 aliphatic rings. The van der Waals surface area contributed by atoms with Crippen molar-refractivity contribution in [1.82, 2.24) is 9.97 Å². The summed E-state index contributed by atoms with van der Waals surface area (Å²) in [6, 6.07) is 9.32. The van der Waals surface area contributed by atoms with Crippen molar-refractivity contribution < 1.29 is 9.53 Å². The average molecular weight is 352 g/mol. The van der Waals surface area contributed by atoms with Gasteiger partial charge in [-0.25, -0.2) is 14.8 Å². The van der Waals surface area contributed by atoms with Crippen molar-refractivity contribution in [2.75, 3.05) is 5.32 Å². The molecule has 6 nitrogen and oxygen atoms in total. The Morgan fingerprint density at radius 2 is 2.08 bits per heavy atom. The van der Waals surface area contributed by atoms with Gasteiger partial charge in [0.15, 0.2) is 0 Å². The van der Waals surface area contributed by atoms with Gasteiger partial charge in [-0.3, -0.25) is 0 Å². The quantitative estimate of drug-likeness (QED) is 0.709. The van der Waals surface area contributed by atoms with Crippen LogP contribution < -0.4 is 5.32 Å². The summed E-state index contributed by atoms with van der Waals surface area (Å²) in [5.74, 6) is 0.198. The van der Waals surface area contributed by atoms with Crippen LogP contribution in [-0.2, 0) is 4.74 Å². The first-order chi connectivity index (χ1) is 12.0. The molecule has 0 atom stereocenters. The molecule has 0 unspecified atom stereocenters. The first-order valence-corrected chi connectivity index (χ1v) is 8.54. The fraction of sp³-hybridized carbons (Fsp3) is 0.222. The number of hydrogen-bond donors (Lipinski definition) is 1. The van der Waals surface area contributed by atoms with Gasteiger partial charge in [-0.2, -0.15) is 5.26 Å². The van der Waals surface area contributed by atoms with E-state index in [0.29, 0.717) is 26.8 Å². The molecular formula is C18H16N4O2S. The summed E-state index contributed by atoms with van der Waals surface area (Å²) in [5, 5.41) is 13.2. The van der Waals surface area contributed by atoms with Crippen molar-refractivity contribution in [3.05, 3.63) is 46.6 Å². The van der Waals surface area contributed by atoms with Crippen molar-refractivity contribution in [1.29, 1.82) is 5.26 Å². The van der Waals surface area contributed by atoms with Gasteiger partial charge in [-0.15, -0.1) is 11.3 Å². The third-order valence-corrected chi connectivity index (χ3v) is 4.74. The molecule has 1 aromatic carbocycles. The summed E-state index contributed by atoms with van der Waals surface area (Å²) in [5.41, 5.74) is 1.94. The maximum Gasteiger partial charge on any atom is 0.348 e. The van der Waals surface area contributed by atoms with Gasteiger partial charge in [-0.05, 0) is 38.5 Å². The van der Waals surface area contributed by atoms with Crippen molar-refractivity contribution >= 4 is 39.0 Å². The van der Waals surface area contributed by atoms with Crippen LogP contribution >= 0.6 is 11.3 Å². The second-order valence-electron chi connectivity index (χ2n) is 5.70. The predicted molar refractivity (Wildman–Crippen MR) is 97.1 cm³/mol. The zero-order chi connectivity index (χ0) is 18.0. The lowest BCUT2D eigenvalue weighted by Gasteiger charge is -2.09. The van der Waals surface area contributed by atoms with Gasteiger partial charge in [0.2, 0.25) is 0 Å². The Labute approximate surface area is 149 Å². The van der Waals surface area contributed by atoms with Gasteiger partial charge in [0.05, 0.1) is 22.7 Å². The van der Waals surface area contributed by atoms with Crippen LogP contribution in [0.2, 0.25) is 0 Å². The van der Waals surface area contributed by atoms with Crippen LogP contribution in [0.15, 0.2) is 30.6 Å². The zero-order valence-corrected chi connectivity index (χ0v) is 14.8. The van der Waals surface area contributed by atoms with Crippen molar-refractivity contribution in [2.24, 2.45) is 0 Å². The Morgan fingerprint density at radius 1 is 1.32 bits per heavy atom. The second kappa shape index (κ2) is 6.87. The van der Waals surface area contributed by atoms with Crippen molar-refractivity contribution in [2.45, 2.75) is 26.9 Å². The predicted octanol–water partition coefficient (Wildman–Crippen LogP) is 4.18. The molecule has 0 aliphatic carbocycles. The molecule has 3 rings (SSSR count). The van der Waals surface area contributed by atoms with Crippen molar-refractivity contribution in [3.63, 3.8) is 0 Å². The lowest BCUT2D eigenvalue weighted by Crippen LogP contribution is -2.11. The van der Waals surface area contributed by atoms with Gasteiger partial charge in [0, 0.05) is 0 Å². The number of esters is 1. The molecule has 25 heavy (non-hydrogen) atoms. The van der Waals surface area contributed by atoms with Crippen LogP contribution in [-0.4, -0.2) is 22.0 Å². The number of fused-ring (bicyclic) bond motifs is 1. The summed E-state index contributed by atoms with van der Waals surface area (Å²) in [6.45, 7) is 5.47. The summed E-state index contributed by atoms with van der Waals surface area (Å²) < 4.78 is 5.30. The van der Waals surface area contributed by atoms with Crippen LogP contribution in [0.1, 0.15) is 34.6 Å². The van der Waals surface area contributed by atoms with E-state index in [9.17, 15) is 10.1 Å². The number of rotatable bonds is 4. The van der Waals surface area contributed by atoms with E-state index < -0.39 is 0 Å². The van der Waals surface area contributed by atoms with E-state index in [4.69, 9.17) is 4.74 Å². The Kier molecular flexibility index (Phi) is 4.63. The Hall–Kier alpha value is -2.98. The maximum atomic E-state index is 12.3. The Bertz CT molecular complexity index is 988. The molecule has 0 spiro atoms. The molecule has 126 valence electrons. The minimum Gasteiger partial charge on any atom is -0.459 e. The smallest absolute Gasteiger partial charge is 0.348 e. The molecule has 2 aromatic heterocycles. The number of aryl methyl sites for hydroxylation is 1. The SMILES string of the molecule is Cc1c(C(=O)OC(C)C)sc2ncnc(Nc3ccccc3C#N)c12. The van der Waals surface area contributed by atoms with Crippen LogP contribution in [0.25, 0.3) is 10.2 Å². The molecule has 0 bridgehead atoms. The van der Waals surface area contributed by atoms with E-state index in [1.54, 1.807) is 12.1 Å². The number of carbonyl (C=O) groups is 1. The lowest BCUT2D eigenvalue weighted by atomic mass is 10.1. The van der Waals surface area contributed by atoms with E-state index >= 15 is 0 Å². The minimum absolute atomic E-state index is 0.191. The lowest BCUT2D eigenvalue weighted by molar-refractivity contribution is 0.0383. The highest BCUT2D eigenvalue weighted by atomic mass is 32.1. The van der Waals surface area contributed by atoms with Crippen LogP contribution in [0.5, 0.6) is 0 Å². The van der Waals surface area contributed by atoms with E-state index in [2.05, 4.69) is 21.4 Å². The molecule has 0 amide bonds. The highest BCUT2D eigenvalue weighted by Gasteiger charge is 2.21. The van der Waals surface area contributed by atoms with Gasteiger partial charge >= 0.3 is 5.97 Å². The van der Waals surface area contributed by atoms with Crippen molar-refractivity contribution in [3.8, 4) is 6.07 Å². The molecular weight excluding hydrogens is 336 g/mol. The molecule has 2 heterocycles. The van der Waals surface area contributed by atoms with E-state index in [0.717, 1.165) is 10.9 Å². The fourth-order valence-electron chi connectivity index (χ4n) is 2.45. The van der Waals surface area contributed by atoms with E-state index in [1.165, 1.54) is 17.7 Å². The summed E-state index contributed by atoms with van der Waals surface area (Å²) in [4.78, 5) is 22.1. The molecule has 0 saturated carbocycles. The molecule has 3 aromatic rings. The summed E-state index contributed by atoms with van der Waals surface area (Å²) >= 11 is 1.28. The number of nitrogens with one attached hydrogen (secondary N) is 1. The number of hydrogen-bond acceptors (Lipinski definition) is 7. The number of aromatic nitrogens is 2. The normalized spacial score (nSPS) is 10.7. The highest BCUT2D eigenvalue weighted by Crippen LogP contribution is 2.35. The largest absolute Gasteiger partial charge is 0.459 e. The Balaban J connectivity index is 2.07. The van der Waals surface area contributed by atoms with Gasteiger partial charge in [-0.1, -0.05) is 12.1 Å². The van der Waals surface area contributed by atoms with Gasteiger partial charge in [0.25, 0.3) is 0 Å². The van der Waals surface area contributed by atoms with Crippen LogP contribution in [0.4, 0.5) is 11.5 Å². The second-order valence-corrected chi connectivity index (χ2v) is 6.69. The summed E-state index contributed by atoms with van der Waals surface area (Å²) in [6.07, 6.45) is 1.25. The number of para-hydroxylation sites is 1. The number of benzene rings is 1. The first-order valence-electron chi connectivity index (χ1n) is 7.72. The molecule has 0 aliphatic heterocycles. The van der Waals surface area contributed by atoms with Gasteiger partial charge in [0.1, 0.15) is 27.9 Å². The Morgan fingerprint density at radius 3 is 2.80 bits per heavy atom. The standard InChI is InChI=1S/C18H16N4O2S/c1-10(2)24-18(23)15-11(3)14-16(20-9-21-17(14)25-15)22-13-7-5-4-6-12(13)8-19/h4-7,9-10H,1-3H3,(H,20,21,22). The van der Waals surface area contributed by atoms with Gasteiger partial charge < -0.3 is 10.1 Å². The number of thiophene rings is 1. The third kappa shape index (κ3) is 3.30. The number of anilines is 2. The first kappa shape index (κ1) is 16.9. The molecule has 7 heteroatoms. The molecule has 0 fully saturated rings. The topological polar surface area (TPSA) is 87.9 Å². The monoisotopic (exact) mass is 352 g/mol. The number of nitriles is 1. The highest BCUT2D eigenvalue weighted by molar-refractivity contribution is 7.20. The average Bonchev–Trinajstić information content (AvgIpc) is 2.93. The molecule has 0 saturated heterocycles.